The topological polar surface area (TPSA) is 64.3 Å². The number of anilines is 1. The van der Waals surface area contributed by atoms with Crippen molar-refractivity contribution in [1.29, 1.82) is 0 Å². The third kappa shape index (κ3) is 3.53. The number of benzene rings is 1. The summed E-state index contributed by atoms with van der Waals surface area (Å²) < 4.78 is 5.06. The van der Waals surface area contributed by atoms with Crippen LogP contribution in [0, 0.1) is 0 Å². The summed E-state index contributed by atoms with van der Waals surface area (Å²) in [4.78, 5) is 12.1. The van der Waals surface area contributed by atoms with Crippen LogP contribution in [-0.2, 0) is 4.79 Å². The SMILES string of the molecule is COc1ccc(NC(=O)C2(N)CCCC2)cc1Cl.Cl. The molecule has 0 saturated heterocycles. The number of ether oxygens (including phenoxy) is 1. The Morgan fingerprint density at radius 1 is 1.42 bits per heavy atom. The molecule has 1 amide bonds. The van der Waals surface area contributed by atoms with E-state index in [-0.39, 0.29) is 18.3 Å². The van der Waals surface area contributed by atoms with Gasteiger partial charge in [0, 0.05) is 5.69 Å². The van der Waals surface area contributed by atoms with E-state index in [1.807, 2.05) is 0 Å². The first kappa shape index (κ1) is 16.1. The molecule has 1 saturated carbocycles. The number of carbonyl (C=O) groups is 1. The predicted octanol–water partition coefficient (Wildman–Crippen LogP) is 2.98. The first-order chi connectivity index (χ1) is 8.55. The van der Waals surface area contributed by atoms with E-state index < -0.39 is 5.54 Å². The summed E-state index contributed by atoms with van der Waals surface area (Å²) in [5.74, 6) is 0.444. The molecule has 0 unspecified atom stereocenters. The molecule has 1 aromatic carbocycles. The Hall–Kier alpha value is -0.970. The van der Waals surface area contributed by atoms with Crippen LogP contribution in [0.2, 0.25) is 5.02 Å². The Morgan fingerprint density at radius 2 is 2.05 bits per heavy atom. The van der Waals surface area contributed by atoms with E-state index in [9.17, 15) is 4.79 Å². The number of methoxy groups -OCH3 is 1. The molecule has 0 bridgehead atoms. The van der Waals surface area contributed by atoms with Crippen LogP contribution >= 0.6 is 24.0 Å². The highest BCUT2D eigenvalue weighted by Gasteiger charge is 2.36. The molecule has 6 heteroatoms. The smallest absolute Gasteiger partial charge is 0.244 e. The number of hydrogen-bond acceptors (Lipinski definition) is 3. The molecule has 0 atom stereocenters. The maximum Gasteiger partial charge on any atom is 0.244 e. The van der Waals surface area contributed by atoms with Crippen LogP contribution in [-0.4, -0.2) is 18.6 Å². The third-order valence-electron chi connectivity index (χ3n) is 3.36. The van der Waals surface area contributed by atoms with Gasteiger partial charge in [-0.05, 0) is 31.0 Å². The number of nitrogens with one attached hydrogen (secondary N) is 1. The fraction of sp³-hybridized carbons (Fsp3) is 0.462. The number of carbonyl (C=O) groups excluding carboxylic acids is 1. The zero-order valence-corrected chi connectivity index (χ0v) is 12.3. The van der Waals surface area contributed by atoms with Crippen LogP contribution < -0.4 is 15.8 Å². The van der Waals surface area contributed by atoms with Crippen molar-refractivity contribution in [3.63, 3.8) is 0 Å². The van der Waals surface area contributed by atoms with Crippen LogP contribution in [0.15, 0.2) is 18.2 Å². The fourth-order valence-corrected chi connectivity index (χ4v) is 2.49. The predicted molar refractivity (Wildman–Crippen MR) is 79.3 cm³/mol. The summed E-state index contributed by atoms with van der Waals surface area (Å²) in [6.07, 6.45) is 3.49. The van der Waals surface area contributed by atoms with Gasteiger partial charge < -0.3 is 15.8 Å². The molecule has 0 aromatic heterocycles. The van der Waals surface area contributed by atoms with E-state index in [2.05, 4.69) is 5.32 Å². The second-order valence-corrected chi connectivity index (χ2v) is 5.07. The van der Waals surface area contributed by atoms with Gasteiger partial charge in [0.2, 0.25) is 5.91 Å². The summed E-state index contributed by atoms with van der Waals surface area (Å²) in [7, 11) is 1.55. The van der Waals surface area contributed by atoms with Gasteiger partial charge in [-0.25, -0.2) is 0 Å². The average Bonchev–Trinajstić information content (AvgIpc) is 2.78. The molecular weight excluding hydrogens is 287 g/mol. The van der Waals surface area contributed by atoms with E-state index >= 15 is 0 Å². The summed E-state index contributed by atoms with van der Waals surface area (Å²) >= 11 is 6.00. The lowest BCUT2D eigenvalue weighted by atomic mass is 9.98. The monoisotopic (exact) mass is 304 g/mol. The van der Waals surface area contributed by atoms with E-state index in [0.29, 0.717) is 16.5 Å². The minimum atomic E-state index is -0.730. The Kier molecular flexibility index (Phi) is 5.47. The van der Waals surface area contributed by atoms with Crippen LogP contribution in [0.1, 0.15) is 25.7 Å². The zero-order chi connectivity index (χ0) is 13.2. The van der Waals surface area contributed by atoms with E-state index in [0.717, 1.165) is 25.7 Å². The summed E-state index contributed by atoms with van der Waals surface area (Å²) in [6, 6.07) is 5.13. The van der Waals surface area contributed by atoms with Gasteiger partial charge in [0.15, 0.2) is 0 Å². The van der Waals surface area contributed by atoms with Gasteiger partial charge in [0.25, 0.3) is 0 Å². The van der Waals surface area contributed by atoms with Crippen molar-refractivity contribution in [1.82, 2.24) is 0 Å². The lowest BCUT2D eigenvalue weighted by Crippen LogP contribution is -2.48. The molecule has 0 heterocycles. The number of halogens is 2. The van der Waals surface area contributed by atoms with E-state index in [4.69, 9.17) is 22.1 Å². The average molecular weight is 305 g/mol. The van der Waals surface area contributed by atoms with Crippen LogP contribution in [0.5, 0.6) is 5.75 Å². The molecule has 1 aliphatic carbocycles. The third-order valence-corrected chi connectivity index (χ3v) is 3.65. The van der Waals surface area contributed by atoms with Crippen LogP contribution in [0.4, 0.5) is 5.69 Å². The molecule has 0 spiro atoms. The highest BCUT2D eigenvalue weighted by molar-refractivity contribution is 6.32. The molecule has 106 valence electrons. The Balaban J connectivity index is 0.00000180. The first-order valence-corrected chi connectivity index (χ1v) is 6.37. The molecular formula is C13H18Cl2N2O2. The van der Waals surface area contributed by atoms with Crippen molar-refractivity contribution in [3.8, 4) is 5.75 Å². The number of nitrogens with two attached hydrogens (primary N) is 1. The normalized spacial score (nSPS) is 16.6. The Labute approximate surface area is 124 Å². The van der Waals surface area contributed by atoms with Crippen molar-refractivity contribution in [2.45, 2.75) is 31.2 Å². The molecule has 1 aromatic rings. The van der Waals surface area contributed by atoms with Gasteiger partial charge in [-0.15, -0.1) is 12.4 Å². The zero-order valence-electron chi connectivity index (χ0n) is 10.7. The largest absolute Gasteiger partial charge is 0.495 e. The fourth-order valence-electron chi connectivity index (χ4n) is 2.23. The number of amides is 1. The Bertz CT molecular complexity index is 460. The molecule has 1 aliphatic rings. The van der Waals surface area contributed by atoms with Crippen LogP contribution in [0.3, 0.4) is 0 Å². The quantitative estimate of drug-likeness (QED) is 0.902. The van der Waals surface area contributed by atoms with Gasteiger partial charge in [0.05, 0.1) is 17.7 Å². The van der Waals surface area contributed by atoms with Crippen LogP contribution in [0.25, 0.3) is 0 Å². The molecule has 1 fully saturated rings. The lowest BCUT2D eigenvalue weighted by molar-refractivity contribution is -0.121. The van der Waals surface area contributed by atoms with Gasteiger partial charge in [0.1, 0.15) is 5.75 Å². The molecule has 19 heavy (non-hydrogen) atoms. The second kappa shape index (κ2) is 6.46. The standard InChI is InChI=1S/C13H17ClN2O2.ClH/c1-18-11-5-4-9(8-10(11)14)16-12(17)13(15)6-2-3-7-13;/h4-5,8H,2-3,6-7,15H2,1H3,(H,16,17);1H. The maximum atomic E-state index is 12.1. The van der Waals surface area contributed by atoms with E-state index in [1.54, 1.807) is 25.3 Å². The molecule has 4 nitrogen and oxygen atoms in total. The minimum absolute atomic E-state index is 0. The number of rotatable bonds is 3. The minimum Gasteiger partial charge on any atom is -0.495 e. The maximum absolute atomic E-state index is 12.1. The number of hydrogen-bond donors (Lipinski definition) is 2. The second-order valence-electron chi connectivity index (χ2n) is 4.67. The van der Waals surface area contributed by atoms with Gasteiger partial charge >= 0.3 is 0 Å². The highest BCUT2D eigenvalue weighted by Crippen LogP contribution is 2.30. The molecule has 2 rings (SSSR count). The van der Waals surface area contributed by atoms with Crippen molar-refractivity contribution < 1.29 is 9.53 Å². The molecule has 0 aliphatic heterocycles. The van der Waals surface area contributed by atoms with Crippen molar-refractivity contribution >= 4 is 35.6 Å². The Morgan fingerprint density at radius 3 is 2.58 bits per heavy atom. The lowest BCUT2D eigenvalue weighted by Gasteiger charge is -2.22. The molecule has 3 N–H and O–H groups in total. The van der Waals surface area contributed by atoms with Gasteiger partial charge in [-0.1, -0.05) is 24.4 Å². The van der Waals surface area contributed by atoms with Crippen molar-refractivity contribution in [3.05, 3.63) is 23.2 Å². The van der Waals surface area contributed by atoms with Crippen molar-refractivity contribution in [2.24, 2.45) is 5.73 Å². The highest BCUT2D eigenvalue weighted by atomic mass is 35.5. The van der Waals surface area contributed by atoms with E-state index in [1.165, 1.54) is 0 Å². The first-order valence-electron chi connectivity index (χ1n) is 5.99. The summed E-state index contributed by atoms with van der Waals surface area (Å²) in [6.45, 7) is 0. The van der Waals surface area contributed by atoms with Gasteiger partial charge in [-0.3, -0.25) is 4.79 Å². The summed E-state index contributed by atoms with van der Waals surface area (Å²) in [5, 5.41) is 3.28. The van der Waals surface area contributed by atoms with Gasteiger partial charge in [-0.2, -0.15) is 0 Å². The summed E-state index contributed by atoms with van der Waals surface area (Å²) in [5.41, 5.74) is 5.99. The van der Waals surface area contributed by atoms with Crippen molar-refractivity contribution in [2.75, 3.05) is 12.4 Å². The molecule has 0 radical (unpaired) electrons.